The Hall–Kier alpha value is -2.34. The molecule has 0 bridgehead atoms. The average molecular weight is 557 g/mol. The highest BCUT2D eigenvalue weighted by atomic mass is 35.5. The molecule has 4 heterocycles. The minimum Gasteiger partial charge on any atom is -0.452 e. The van der Waals surface area contributed by atoms with Crippen molar-refractivity contribution < 1.29 is 27.4 Å². The normalized spacial score (nSPS) is 22.6. The van der Waals surface area contributed by atoms with Crippen LogP contribution in [0.5, 0.6) is 0 Å². The number of thiophene rings is 1. The highest BCUT2D eigenvalue weighted by Gasteiger charge is 2.51. The Balaban J connectivity index is 1.27. The summed E-state index contributed by atoms with van der Waals surface area (Å²) in [5.74, 6) is -3.48. The molecule has 12 heteroatoms. The first kappa shape index (κ1) is 26.3. The van der Waals surface area contributed by atoms with Crippen molar-refractivity contribution in [1.29, 1.82) is 0 Å². The van der Waals surface area contributed by atoms with Gasteiger partial charge in [0.15, 0.2) is 5.82 Å². The number of nitrogens with zero attached hydrogens (tertiary/aromatic N) is 4. The minimum atomic E-state index is -3.03. The monoisotopic (exact) mass is 556 g/mol. The van der Waals surface area contributed by atoms with Gasteiger partial charge in [-0.15, -0.1) is 11.3 Å². The summed E-state index contributed by atoms with van der Waals surface area (Å²) in [5.41, 5.74) is 0.691. The van der Waals surface area contributed by atoms with Crippen LogP contribution in [0.2, 0.25) is 4.34 Å². The van der Waals surface area contributed by atoms with E-state index in [0.29, 0.717) is 53.9 Å². The van der Waals surface area contributed by atoms with Crippen LogP contribution in [0.3, 0.4) is 0 Å². The SMILES string of the molecule is COC(=O)N(C)c1cccc(F)c1N1CC(CN2CCC3(CC2)OCC(F)(F)c2cc(Cl)sc23)C(C)=N1. The fraction of sp³-hybridized carbons (Fsp3) is 0.520. The van der Waals surface area contributed by atoms with E-state index in [1.807, 2.05) is 6.92 Å². The van der Waals surface area contributed by atoms with Crippen LogP contribution in [0, 0.1) is 11.7 Å². The number of hydrazone groups is 1. The summed E-state index contributed by atoms with van der Waals surface area (Å²) >= 11 is 7.30. The molecule has 200 valence electrons. The van der Waals surface area contributed by atoms with Crippen molar-refractivity contribution in [2.75, 3.05) is 56.9 Å². The van der Waals surface area contributed by atoms with Crippen molar-refractivity contribution in [3.8, 4) is 0 Å². The van der Waals surface area contributed by atoms with Crippen molar-refractivity contribution >= 4 is 46.1 Å². The van der Waals surface area contributed by atoms with E-state index in [2.05, 4.69) is 10.0 Å². The number of para-hydroxylation sites is 1. The van der Waals surface area contributed by atoms with Crippen LogP contribution in [0.25, 0.3) is 0 Å². The molecule has 1 unspecified atom stereocenters. The Morgan fingerprint density at radius 1 is 1.35 bits per heavy atom. The summed E-state index contributed by atoms with van der Waals surface area (Å²) in [5, 5.41) is 6.21. The van der Waals surface area contributed by atoms with E-state index < -0.39 is 30.0 Å². The second-order valence-electron chi connectivity index (χ2n) is 9.74. The number of fused-ring (bicyclic) bond motifs is 2. The first-order chi connectivity index (χ1) is 17.5. The molecule has 0 N–H and O–H groups in total. The first-order valence-electron chi connectivity index (χ1n) is 12.0. The third-order valence-electron chi connectivity index (χ3n) is 7.48. The number of hydrogen-bond donors (Lipinski definition) is 0. The molecule has 37 heavy (non-hydrogen) atoms. The van der Waals surface area contributed by atoms with Crippen molar-refractivity contribution in [2.24, 2.45) is 11.0 Å². The van der Waals surface area contributed by atoms with Gasteiger partial charge in [-0.1, -0.05) is 17.7 Å². The van der Waals surface area contributed by atoms with Gasteiger partial charge >= 0.3 is 6.09 Å². The molecule has 2 aromatic rings. The molecule has 1 fully saturated rings. The summed E-state index contributed by atoms with van der Waals surface area (Å²) in [6, 6.07) is 5.90. The number of halogens is 4. The summed E-state index contributed by atoms with van der Waals surface area (Å²) in [4.78, 5) is 16.1. The van der Waals surface area contributed by atoms with Crippen LogP contribution < -0.4 is 9.91 Å². The fourth-order valence-electron chi connectivity index (χ4n) is 5.37. The number of carbonyl (C=O) groups excluding carboxylic acids is 1. The summed E-state index contributed by atoms with van der Waals surface area (Å²) in [7, 11) is 2.79. The van der Waals surface area contributed by atoms with Crippen molar-refractivity contribution in [3.05, 3.63) is 44.9 Å². The molecule has 3 aliphatic heterocycles. The Bertz CT molecular complexity index is 1230. The molecule has 7 nitrogen and oxygen atoms in total. The third-order valence-corrected chi connectivity index (χ3v) is 8.93. The molecule has 0 aliphatic carbocycles. The van der Waals surface area contributed by atoms with Crippen LogP contribution >= 0.6 is 22.9 Å². The molecule has 3 aliphatic rings. The number of likely N-dealkylation sites (tertiary alicyclic amines) is 1. The minimum absolute atomic E-state index is 0.00535. The lowest BCUT2D eigenvalue weighted by molar-refractivity contribution is -0.181. The summed E-state index contributed by atoms with van der Waals surface area (Å²) < 4.78 is 54.8. The van der Waals surface area contributed by atoms with Crippen LogP contribution in [-0.4, -0.2) is 63.6 Å². The van der Waals surface area contributed by atoms with Gasteiger partial charge in [-0.3, -0.25) is 9.91 Å². The van der Waals surface area contributed by atoms with E-state index in [0.717, 1.165) is 5.71 Å². The Labute approximate surface area is 222 Å². The standard InChI is InChI=1S/C25H28ClF3N4O3S/c1-15-16(13-33(30-15)21-18(27)5-4-6-19(21)31(2)23(34)35-3)12-32-9-7-24(8-10-32)22-17(11-20(26)37-22)25(28,29)14-36-24/h4-6,11,16H,7-10,12-14H2,1-3H3. The van der Waals surface area contributed by atoms with Gasteiger partial charge in [-0.05, 0) is 38.0 Å². The van der Waals surface area contributed by atoms with Gasteiger partial charge in [0, 0.05) is 48.8 Å². The lowest BCUT2D eigenvalue weighted by Crippen LogP contribution is -2.50. The number of amides is 1. The molecule has 1 aromatic carbocycles. The molecule has 1 amide bonds. The van der Waals surface area contributed by atoms with E-state index in [1.54, 1.807) is 11.1 Å². The van der Waals surface area contributed by atoms with E-state index in [4.69, 9.17) is 21.1 Å². The van der Waals surface area contributed by atoms with E-state index in [1.165, 1.54) is 48.6 Å². The van der Waals surface area contributed by atoms with Gasteiger partial charge in [0.2, 0.25) is 0 Å². The molecule has 1 aromatic heterocycles. The molecule has 1 atom stereocenters. The zero-order valence-corrected chi connectivity index (χ0v) is 22.3. The van der Waals surface area contributed by atoms with E-state index in [-0.39, 0.29) is 17.2 Å². The molecule has 5 rings (SSSR count). The lowest BCUT2D eigenvalue weighted by Gasteiger charge is -2.45. The van der Waals surface area contributed by atoms with Gasteiger partial charge in [-0.2, -0.15) is 13.9 Å². The summed E-state index contributed by atoms with van der Waals surface area (Å²) in [6.07, 6.45) is 0.561. The predicted octanol–water partition coefficient (Wildman–Crippen LogP) is 5.67. The second-order valence-corrected chi connectivity index (χ2v) is 11.4. The van der Waals surface area contributed by atoms with Gasteiger partial charge in [0.05, 0.1) is 23.7 Å². The maximum Gasteiger partial charge on any atom is 0.413 e. The number of anilines is 2. The Morgan fingerprint density at radius 3 is 2.78 bits per heavy atom. The highest BCUT2D eigenvalue weighted by Crippen LogP contribution is 2.52. The average Bonchev–Trinajstić information content (AvgIpc) is 3.45. The molecule has 1 spiro atoms. The molecule has 1 saturated heterocycles. The lowest BCUT2D eigenvalue weighted by atomic mass is 9.84. The Kier molecular flexibility index (Phi) is 6.93. The maximum absolute atomic E-state index is 14.9. The number of carbonyl (C=O) groups is 1. The second kappa shape index (κ2) is 9.76. The largest absolute Gasteiger partial charge is 0.452 e. The van der Waals surface area contributed by atoms with Crippen LogP contribution in [0.15, 0.2) is 29.4 Å². The molecular weight excluding hydrogens is 529 g/mol. The van der Waals surface area contributed by atoms with Gasteiger partial charge in [0.25, 0.3) is 5.92 Å². The Morgan fingerprint density at radius 2 is 2.08 bits per heavy atom. The molecule has 0 radical (unpaired) electrons. The van der Waals surface area contributed by atoms with Crippen molar-refractivity contribution in [2.45, 2.75) is 31.3 Å². The first-order valence-corrected chi connectivity index (χ1v) is 13.2. The zero-order valence-electron chi connectivity index (χ0n) is 20.8. The number of ether oxygens (including phenoxy) is 2. The fourth-order valence-corrected chi connectivity index (χ4v) is 6.85. The molecule has 0 saturated carbocycles. The van der Waals surface area contributed by atoms with Crippen molar-refractivity contribution in [1.82, 2.24) is 4.90 Å². The number of benzene rings is 1. The topological polar surface area (TPSA) is 57.6 Å². The van der Waals surface area contributed by atoms with Crippen molar-refractivity contribution in [3.63, 3.8) is 0 Å². The third kappa shape index (κ3) is 4.71. The quantitative estimate of drug-likeness (QED) is 0.486. The van der Waals surface area contributed by atoms with Gasteiger partial charge in [-0.25, -0.2) is 9.18 Å². The maximum atomic E-state index is 14.9. The highest BCUT2D eigenvalue weighted by molar-refractivity contribution is 7.16. The smallest absolute Gasteiger partial charge is 0.413 e. The number of hydrogen-bond acceptors (Lipinski definition) is 7. The van der Waals surface area contributed by atoms with Crippen LogP contribution in [-0.2, 0) is 21.0 Å². The number of alkyl halides is 2. The predicted molar refractivity (Wildman–Crippen MR) is 138 cm³/mol. The summed E-state index contributed by atoms with van der Waals surface area (Å²) in [6.45, 7) is 3.74. The van der Waals surface area contributed by atoms with Gasteiger partial charge in [0.1, 0.15) is 17.9 Å². The number of piperidine rings is 1. The molecular formula is C25H28ClF3N4O3S. The van der Waals surface area contributed by atoms with E-state index >= 15 is 0 Å². The van der Waals surface area contributed by atoms with Crippen LogP contribution in [0.1, 0.15) is 30.2 Å². The van der Waals surface area contributed by atoms with Crippen LogP contribution in [0.4, 0.5) is 29.3 Å². The van der Waals surface area contributed by atoms with E-state index in [9.17, 15) is 18.0 Å². The van der Waals surface area contributed by atoms with Gasteiger partial charge < -0.3 is 14.4 Å². The zero-order chi connectivity index (χ0) is 26.5. The number of rotatable bonds is 4. The number of methoxy groups -OCH3 is 1.